The Morgan fingerprint density at radius 3 is 2.81 bits per heavy atom. The quantitative estimate of drug-likeness (QED) is 0.280. The highest BCUT2D eigenvalue weighted by Crippen LogP contribution is 2.29. The van der Waals surface area contributed by atoms with Crippen LogP contribution in [0.4, 0.5) is 5.69 Å². The van der Waals surface area contributed by atoms with Crippen molar-refractivity contribution in [3.05, 3.63) is 72.3 Å². The second kappa shape index (κ2) is 8.66. The van der Waals surface area contributed by atoms with Gasteiger partial charge in [0.2, 0.25) is 0 Å². The molecule has 1 aromatic carbocycles. The normalized spacial score (nSPS) is 20.3. The lowest BCUT2D eigenvalue weighted by molar-refractivity contribution is -0.114. The predicted octanol–water partition coefficient (Wildman–Crippen LogP) is 2.38. The van der Waals surface area contributed by atoms with Crippen molar-refractivity contribution in [3.63, 3.8) is 0 Å². The Kier molecular flexibility index (Phi) is 5.57. The number of ether oxygens (including phenoxy) is 1. The van der Waals surface area contributed by atoms with Gasteiger partial charge in [0.25, 0.3) is 5.91 Å². The molecule has 8 nitrogen and oxygen atoms in total. The molecule has 2 saturated heterocycles. The Morgan fingerprint density at radius 2 is 2.12 bits per heavy atom. The van der Waals surface area contributed by atoms with Gasteiger partial charge in [-0.1, -0.05) is 12.1 Å². The molecule has 2 atom stereocenters. The first kappa shape index (κ1) is 20.6. The molecule has 2 aromatic heterocycles. The number of aryl methyl sites for hydroxylation is 1. The number of benzene rings is 1. The average Bonchev–Trinajstić information content (AvgIpc) is 3.55. The van der Waals surface area contributed by atoms with Crippen LogP contribution in [0, 0.1) is 0 Å². The third-order valence-electron chi connectivity index (χ3n) is 6.12. The van der Waals surface area contributed by atoms with Gasteiger partial charge in [-0.25, -0.2) is 10.9 Å². The van der Waals surface area contributed by atoms with E-state index in [1.54, 1.807) is 29.3 Å². The molecule has 1 amide bonds. The Bertz CT molecular complexity index is 1140. The van der Waals surface area contributed by atoms with Crippen molar-refractivity contribution in [2.45, 2.75) is 25.1 Å². The molecule has 5 rings (SSSR count). The lowest BCUT2D eigenvalue weighted by Gasteiger charge is -2.26. The molecule has 2 aliphatic rings. The molecule has 8 heteroatoms. The SMILES string of the molecule is Cn1cc(-c2ccncc2/C=C/C(=O)N(N)c2ccc(CN3CC4CC3CO4)cc2)cn1. The number of pyridine rings is 1. The summed E-state index contributed by atoms with van der Waals surface area (Å²) >= 11 is 0. The molecule has 3 aromatic rings. The smallest absolute Gasteiger partial charge is 0.265 e. The highest BCUT2D eigenvalue weighted by atomic mass is 16.5. The molecule has 0 spiro atoms. The van der Waals surface area contributed by atoms with Crippen LogP contribution in [0.1, 0.15) is 17.5 Å². The van der Waals surface area contributed by atoms with E-state index in [1.165, 1.54) is 11.6 Å². The number of carbonyl (C=O) groups excluding carboxylic acids is 1. The van der Waals surface area contributed by atoms with Crippen LogP contribution < -0.4 is 10.9 Å². The molecule has 32 heavy (non-hydrogen) atoms. The van der Waals surface area contributed by atoms with Crippen molar-refractivity contribution < 1.29 is 9.53 Å². The van der Waals surface area contributed by atoms with Crippen LogP contribution in [0.3, 0.4) is 0 Å². The first-order valence-electron chi connectivity index (χ1n) is 10.7. The van der Waals surface area contributed by atoms with Gasteiger partial charge in [0.15, 0.2) is 0 Å². The number of amides is 1. The topological polar surface area (TPSA) is 89.5 Å². The van der Waals surface area contributed by atoms with Crippen LogP contribution in [0.15, 0.2) is 61.2 Å². The van der Waals surface area contributed by atoms with E-state index in [2.05, 4.69) is 15.0 Å². The molecule has 2 fully saturated rings. The van der Waals surface area contributed by atoms with Gasteiger partial charge in [0.1, 0.15) is 0 Å². The fraction of sp³-hybridized carbons (Fsp3) is 0.292. The van der Waals surface area contributed by atoms with Crippen LogP contribution in [-0.2, 0) is 23.1 Å². The van der Waals surface area contributed by atoms with E-state index < -0.39 is 0 Å². The van der Waals surface area contributed by atoms with Crippen LogP contribution in [-0.4, -0.2) is 50.9 Å². The fourth-order valence-electron chi connectivity index (χ4n) is 4.40. The van der Waals surface area contributed by atoms with Crippen LogP contribution in [0.2, 0.25) is 0 Å². The van der Waals surface area contributed by atoms with E-state index in [9.17, 15) is 4.79 Å². The van der Waals surface area contributed by atoms with E-state index in [-0.39, 0.29) is 5.91 Å². The minimum Gasteiger partial charge on any atom is -0.375 e. The minimum absolute atomic E-state index is 0.312. The van der Waals surface area contributed by atoms with Crippen molar-refractivity contribution in [3.8, 4) is 11.1 Å². The van der Waals surface area contributed by atoms with Gasteiger partial charge in [-0.2, -0.15) is 5.10 Å². The molecule has 2 bridgehead atoms. The third-order valence-corrected chi connectivity index (χ3v) is 6.12. The lowest BCUT2D eigenvalue weighted by Crippen LogP contribution is -2.37. The molecule has 2 aliphatic heterocycles. The average molecular weight is 431 g/mol. The maximum atomic E-state index is 12.7. The van der Waals surface area contributed by atoms with Gasteiger partial charge < -0.3 is 4.74 Å². The number of hydrogen-bond acceptors (Lipinski definition) is 6. The van der Waals surface area contributed by atoms with Gasteiger partial charge in [0.05, 0.1) is 24.6 Å². The summed E-state index contributed by atoms with van der Waals surface area (Å²) in [6.07, 6.45) is 11.9. The van der Waals surface area contributed by atoms with Crippen LogP contribution >= 0.6 is 0 Å². The van der Waals surface area contributed by atoms with Gasteiger partial charge in [-0.05, 0) is 41.8 Å². The number of aromatic nitrogens is 3. The van der Waals surface area contributed by atoms with Crippen LogP contribution in [0.25, 0.3) is 17.2 Å². The van der Waals surface area contributed by atoms with Crippen molar-refractivity contribution >= 4 is 17.7 Å². The summed E-state index contributed by atoms with van der Waals surface area (Å²) in [7, 11) is 1.87. The zero-order valence-corrected chi connectivity index (χ0v) is 18.0. The molecule has 0 aliphatic carbocycles. The molecule has 2 N–H and O–H groups in total. The van der Waals surface area contributed by atoms with E-state index >= 15 is 0 Å². The third kappa shape index (κ3) is 4.20. The number of nitrogens with zero attached hydrogens (tertiary/aromatic N) is 5. The fourth-order valence-corrected chi connectivity index (χ4v) is 4.40. The molecule has 4 heterocycles. The van der Waals surface area contributed by atoms with Crippen molar-refractivity contribution in [1.82, 2.24) is 19.7 Å². The summed E-state index contributed by atoms with van der Waals surface area (Å²) in [4.78, 5) is 19.3. The first-order chi connectivity index (χ1) is 15.6. The molecule has 0 saturated carbocycles. The molecule has 0 radical (unpaired) electrons. The Labute approximate surface area is 186 Å². The van der Waals surface area contributed by atoms with Gasteiger partial charge in [-0.3, -0.25) is 19.4 Å². The molecular weight excluding hydrogens is 404 g/mol. The van der Waals surface area contributed by atoms with Crippen LogP contribution in [0.5, 0.6) is 0 Å². The highest BCUT2D eigenvalue weighted by Gasteiger charge is 2.38. The number of likely N-dealkylation sites (tertiary alicyclic amines) is 1. The van der Waals surface area contributed by atoms with Gasteiger partial charge in [-0.15, -0.1) is 0 Å². The van der Waals surface area contributed by atoms with Crippen molar-refractivity contribution in [1.29, 1.82) is 0 Å². The minimum atomic E-state index is -0.312. The summed E-state index contributed by atoms with van der Waals surface area (Å²) in [6.45, 7) is 2.72. The second-order valence-electron chi connectivity index (χ2n) is 8.35. The summed E-state index contributed by atoms with van der Waals surface area (Å²) < 4.78 is 7.41. The Hall–Kier alpha value is -3.33. The van der Waals surface area contributed by atoms with Crippen molar-refractivity contribution in [2.75, 3.05) is 18.2 Å². The number of nitrogens with two attached hydrogens (primary N) is 1. The maximum absolute atomic E-state index is 12.7. The number of anilines is 1. The second-order valence-corrected chi connectivity index (χ2v) is 8.35. The summed E-state index contributed by atoms with van der Waals surface area (Å²) in [6, 6.07) is 10.3. The zero-order chi connectivity index (χ0) is 22.1. The first-order valence-corrected chi connectivity index (χ1v) is 10.7. The summed E-state index contributed by atoms with van der Waals surface area (Å²) in [5, 5.41) is 5.37. The predicted molar refractivity (Wildman–Crippen MR) is 122 cm³/mol. The zero-order valence-electron chi connectivity index (χ0n) is 18.0. The van der Waals surface area contributed by atoms with E-state index in [1.807, 2.05) is 43.6 Å². The largest absolute Gasteiger partial charge is 0.375 e. The monoisotopic (exact) mass is 430 g/mol. The molecule has 164 valence electrons. The van der Waals surface area contributed by atoms with Gasteiger partial charge in [0, 0.05) is 62.0 Å². The standard InChI is InChI=1S/C24H26N6O2/c1-28-14-19(12-27-28)23-8-9-26-11-18(23)4-7-24(31)30(25)20-5-2-17(3-6-20)13-29-15-22-10-21(29)16-32-22/h2-9,11-12,14,21-22H,10,13,15-16,25H2,1H3/b7-4+. The summed E-state index contributed by atoms with van der Waals surface area (Å²) in [5.74, 6) is 5.78. The number of morpholine rings is 1. The van der Waals surface area contributed by atoms with Crippen molar-refractivity contribution in [2.24, 2.45) is 12.9 Å². The Morgan fingerprint density at radius 1 is 1.28 bits per heavy atom. The van der Waals surface area contributed by atoms with E-state index in [0.29, 0.717) is 17.8 Å². The summed E-state index contributed by atoms with van der Waals surface area (Å²) in [5.41, 5.74) is 4.58. The lowest BCUT2D eigenvalue weighted by atomic mass is 10.0. The number of carbonyl (C=O) groups is 1. The highest BCUT2D eigenvalue weighted by molar-refractivity contribution is 6.03. The number of hydrazine groups is 1. The van der Waals surface area contributed by atoms with E-state index in [4.69, 9.17) is 10.6 Å². The Balaban J connectivity index is 1.25. The van der Waals surface area contributed by atoms with Gasteiger partial charge >= 0.3 is 0 Å². The number of hydrogen-bond donors (Lipinski definition) is 1. The molecular formula is C24H26N6O2. The number of rotatable bonds is 6. The maximum Gasteiger partial charge on any atom is 0.265 e. The molecule has 2 unspecified atom stereocenters. The van der Waals surface area contributed by atoms with E-state index in [0.717, 1.165) is 47.8 Å². The number of fused-ring (bicyclic) bond motifs is 2.